The number of piperidine rings is 1. The van der Waals surface area contributed by atoms with Crippen LogP contribution in [0.1, 0.15) is 31.0 Å². The van der Waals surface area contributed by atoms with Gasteiger partial charge >= 0.3 is 0 Å². The molecule has 6 rings (SSSR count). The average Bonchev–Trinajstić information content (AvgIpc) is 3.55. The van der Waals surface area contributed by atoms with Gasteiger partial charge in [0.15, 0.2) is 5.82 Å². The Morgan fingerprint density at radius 2 is 1.75 bits per heavy atom. The maximum Gasteiger partial charge on any atom is 0.229 e. The fourth-order valence-corrected chi connectivity index (χ4v) is 5.03. The number of benzene rings is 2. The Morgan fingerprint density at radius 3 is 2.56 bits per heavy atom. The number of hydrogen-bond donors (Lipinski definition) is 2. The minimum absolute atomic E-state index is 0.0437. The third-order valence-corrected chi connectivity index (χ3v) is 6.78. The number of amides is 2. The highest BCUT2D eigenvalue weighted by Gasteiger charge is 2.39. The number of hydrogen-bond acceptors (Lipinski definition) is 4. The first kappa shape index (κ1) is 19.0. The summed E-state index contributed by atoms with van der Waals surface area (Å²) in [5, 5.41) is 8.22. The monoisotopic (exact) mass is 428 g/mol. The molecule has 2 aromatic carbocycles. The Balaban J connectivity index is 1.12. The van der Waals surface area contributed by atoms with Crippen LogP contribution in [0.15, 0.2) is 48.5 Å². The normalized spacial score (nSPS) is 20.0. The van der Waals surface area contributed by atoms with E-state index in [9.17, 15) is 9.59 Å². The summed E-state index contributed by atoms with van der Waals surface area (Å²) in [7, 11) is 0. The van der Waals surface area contributed by atoms with Gasteiger partial charge in [-0.3, -0.25) is 19.6 Å². The van der Waals surface area contributed by atoms with Crippen LogP contribution in [0, 0.1) is 5.92 Å². The summed E-state index contributed by atoms with van der Waals surface area (Å²) in [6.45, 7) is 1.77. The lowest BCUT2D eigenvalue weighted by Crippen LogP contribution is -2.42. The Morgan fingerprint density at radius 1 is 1.00 bits per heavy atom. The van der Waals surface area contributed by atoms with Crippen molar-refractivity contribution >= 4 is 39.6 Å². The van der Waals surface area contributed by atoms with E-state index in [4.69, 9.17) is 4.98 Å². The number of aromatic amines is 2. The smallest absolute Gasteiger partial charge is 0.229 e. The zero-order chi connectivity index (χ0) is 21.7. The third kappa shape index (κ3) is 3.14. The van der Waals surface area contributed by atoms with Crippen LogP contribution in [0.5, 0.6) is 0 Å². The van der Waals surface area contributed by atoms with E-state index in [1.54, 1.807) is 4.90 Å². The number of carbonyl (C=O) groups is 2. The molecular formula is C24H24N6O2. The van der Waals surface area contributed by atoms with E-state index in [0.717, 1.165) is 40.6 Å². The second kappa shape index (κ2) is 7.47. The van der Waals surface area contributed by atoms with Crippen molar-refractivity contribution in [2.75, 3.05) is 24.5 Å². The molecule has 0 radical (unpaired) electrons. The highest BCUT2D eigenvalue weighted by atomic mass is 16.2. The highest BCUT2D eigenvalue weighted by Crippen LogP contribution is 2.32. The zero-order valence-corrected chi connectivity index (χ0v) is 17.6. The molecule has 2 fully saturated rings. The molecule has 2 aliphatic heterocycles. The van der Waals surface area contributed by atoms with Crippen molar-refractivity contribution < 1.29 is 9.59 Å². The van der Waals surface area contributed by atoms with Gasteiger partial charge in [0.25, 0.3) is 0 Å². The van der Waals surface area contributed by atoms with Crippen LogP contribution in [0.3, 0.4) is 0 Å². The SMILES string of the molecule is O=C(C1CC(=O)N(c2n[nH]c3ccccc23)C1)N1CCC(c2nc3ccccc3[nH]2)CC1. The van der Waals surface area contributed by atoms with Gasteiger partial charge < -0.3 is 9.88 Å². The zero-order valence-electron chi connectivity index (χ0n) is 17.6. The molecule has 162 valence electrons. The lowest BCUT2D eigenvalue weighted by molar-refractivity contribution is -0.136. The topological polar surface area (TPSA) is 98.0 Å². The van der Waals surface area contributed by atoms with Crippen LogP contribution in [-0.4, -0.2) is 56.5 Å². The van der Waals surface area contributed by atoms with Crippen molar-refractivity contribution in [2.45, 2.75) is 25.2 Å². The Labute approximate surface area is 184 Å². The van der Waals surface area contributed by atoms with Crippen molar-refractivity contribution in [1.82, 2.24) is 25.1 Å². The second-order valence-electron chi connectivity index (χ2n) is 8.74. The van der Waals surface area contributed by atoms with Crippen LogP contribution in [0.25, 0.3) is 21.9 Å². The number of nitrogens with one attached hydrogen (secondary N) is 2. The number of likely N-dealkylation sites (tertiary alicyclic amines) is 1. The number of carbonyl (C=O) groups excluding carboxylic acids is 2. The molecule has 0 saturated carbocycles. The molecule has 0 aliphatic carbocycles. The van der Waals surface area contributed by atoms with Crippen LogP contribution in [0.4, 0.5) is 5.82 Å². The number of anilines is 1. The van der Waals surface area contributed by atoms with E-state index in [1.807, 2.05) is 53.4 Å². The molecular weight excluding hydrogens is 404 g/mol. The maximum absolute atomic E-state index is 13.2. The maximum atomic E-state index is 13.2. The average molecular weight is 428 g/mol. The number of imidazole rings is 1. The molecule has 0 bridgehead atoms. The summed E-state index contributed by atoms with van der Waals surface area (Å²) in [6.07, 6.45) is 1.99. The molecule has 8 heteroatoms. The summed E-state index contributed by atoms with van der Waals surface area (Å²) in [4.78, 5) is 37.7. The summed E-state index contributed by atoms with van der Waals surface area (Å²) in [6, 6.07) is 15.8. The minimum atomic E-state index is -0.319. The summed E-state index contributed by atoms with van der Waals surface area (Å²) in [5.74, 6) is 1.65. The molecule has 1 unspecified atom stereocenters. The van der Waals surface area contributed by atoms with Crippen molar-refractivity contribution in [2.24, 2.45) is 5.92 Å². The van der Waals surface area contributed by atoms with Gasteiger partial charge in [-0.1, -0.05) is 24.3 Å². The lowest BCUT2D eigenvalue weighted by atomic mass is 9.95. The number of H-pyrrole nitrogens is 2. The lowest BCUT2D eigenvalue weighted by Gasteiger charge is -2.32. The third-order valence-electron chi connectivity index (χ3n) is 6.78. The van der Waals surface area contributed by atoms with E-state index >= 15 is 0 Å². The highest BCUT2D eigenvalue weighted by molar-refractivity contribution is 6.05. The molecule has 2 aromatic heterocycles. The van der Waals surface area contributed by atoms with E-state index in [0.29, 0.717) is 31.4 Å². The van der Waals surface area contributed by atoms with Crippen molar-refractivity contribution in [3.8, 4) is 0 Å². The van der Waals surface area contributed by atoms with Crippen LogP contribution >= 0.6 is 0 Å². The second-order valence-corrected chi connectivity index (χ2v) is 8.74. The van der Waals surface area contributed by atoms with Gasteiger partial charge in [0.05, 0.1) is 22.5 Å². The fraction of sp³-hybridized carbons (Fsp3) is 0.333. The first-order chi connectivity index (χ1) is 15.7. The largest absolute Gasteiger partial charge is 0.342 e. The molecule has 2 amide bonds. The van der Waals surface area contributed by atoms with Gasteiger partial charge in [-0.05, 0) is 37.1 Å². The Kier molecular flexibility index (Phi) is 4.45. The van der Waals surface area contributed by atoms with Gasteiger partial charge in [0, 0.05) is 37.4 Å². The summed E-state index contributed by atoms with van der Waals surface area (Å²) < 4.78 is 0. The van der Waals surface area contributed by atoms with Gasteiger partial charge in [0.2, 0.25) is 11.8 Å². The first-order valence-corrected chi connectivity index (χ1v) is 11.1. The molecule has 4 aromatic rings. The number of fused-ring (bicyclic) bond motifs is 2. The van der Waals surface area contributed by atoms with Crippen molar-refractivity contribution in [1.29, 1.82) is 0 Å². The number of para-hydroxylation sites is 3. The quantitative estimate of drug-likeness (QED) is 0.524. The first-order valence-electron chi connectivity index (χ1n) is 11.1. The molecule has 1 atom stereocenters. The predicted molar refractivity (Wildman–Crippen MR) is 121 cm³/mol. The van der Waals surface area contributed by atoms with Gasteiger partial charge in [-0.15, -0.1) is 0 Å². The molecule has 0 spiro atoms. The van der Waals surface area contributed by atoms with Crippen LogP contribution in [0.2, 0.25) is 0 Å². The summed E-state index contributed by atoms with van der Waals surface area (Å²) >= 11 is 0. The Bertz CT molecular complexity index is 1280. The van der Waals surface area contributed by atoms with Gasteiger partial charge in [-0.25, -0.2) is 4.98 Å². The fourth-order valence-electron chi connectivity index (χ4n) is 5.03. The minimum Gasteiger partial charge on any atom is -0.342 e. The standard InChI is InChI=1S/C24H24N6O2/c31-21-13-16(14-30(21)23-17-5-1-2-6-18(17)27-28-23)24(32)29-11-9-15(10-12-29)22-25-19-7-3-4-8-20(19)26-22/h1-8,15-16H,9-14H2,(H,25,26)(H,27,28). The van der Waals surface area contributed by atoms with E-state index < -0.39 is 0 Å². The van der Waals surface area contributed by atoms with E-state index in [1.165, 1.54) is 0 Å². The number of rotatable bonds is 3. The molecule has 8 nitrogen and oxygen atoms in total. The number of aromatic nitrogens is 4. The van der Waals surface area contributed by atoms with Crippen LogP contribution in [-0.2, 0) is 9.59 Å². The van der Waals surface area contributed by atoms with Gasteiger partial charge in [-0.2, -0.15) is 5.10 Å². The van der Waals surface area contributed by atoms with Crippen molar-refractivity contribution in [3.63, 3.8) is 0 Å². The Hall–Kier alpha value is -3.68. The summed E-state index contributed by atoms with van der Waals surface area (Å²) in [5.41, 5.74) is 2.92. The molecule has 4 heterocycles. The van der Waals surface area contributed by atoms with Gasteiger partial charge in [0.1, 0.15) is 5.82 Å². The molecule has 2 aliphatic rings. The van der Waals surface area contributed by atoms with E-state index in [-0.39, 0.29) is 24.2 Å². The molecule has 2 saturated heterocycles. The molecule has 2 N–H and O–H groups in total. The number of nitrogens with zero attached hydrogens (tertiary/aromatic N) is 4. The molecule has 32 heavy (non-hydrogen) atoms. The van der Waals surface area contributed by atoms with Crippen molar-refractivity contribution in [3.05, 3.63) is 54.4 Å². The predicted octanol–water partition coefficient (Wildman–Crippen LogP) is 3.20. The van der Waals surface area contributed by atoms with Crippen LogP contribution < -0.4 is 4.90 Å². The van der Waals surface area contributed by atoms with E-state index in [2.05, 4.69) is 15.2 Å².